The minimum absolute atomic E-state index is 0.123. The first-order chi connectivity index (χ1) is 8.59. The Balaban J connectivity index is 1.79. The van der Waals surface area contributed by atoms with E-state index in [1.807, 2.05) is 0 Å². The number of rotatable bonds is 5. The summed E-state index contributed by atoms with van der Waals surface area (Å²) in [4.78, 5) is 0. The summed E-state index contributed by atoms with van der Waals surface area (Å²) in [5.41, 5.74) is 0.474. The first kappa shape index (κ1) is 13.5. The van der Waals surface area contributed by atoms with Crippen molar-refractivity contribution in [2.45, 2.75) is 31.5 Å². The van der Waals surface area contributed by atoms with Gasteiger partial charge in [0, 0.05) is 19.7 Å². The van der Waals surface area contributed by atoms with Gasteiger partial charge < -0.3 is 15.2 Å². The molecule has 1 aromatic rings. The van der Waals surface area contributed by atoms with Gasteiger partial charge in [0.25, 0.3) is 0 Å². The maximum atomic E-state index is 13.0. The van der Waals surface area contributed by atoms with Crippen LogP contribution in [0.15, 0.2) is 24.3 Å². The Kier molecular flexibility index (Phi) is 4.32. The van der Waals surface area contributed by atoms with Crippen molar-refractivity contribution in [2.75, 3.05) is 19.7 Å². The third-order valence-electron chi connectivity index (χ3n) is 3.37. The van der Waals surface area contributed by atoms with Crippen LogP contribution in [0.1, 0.15) is 31.4 Å². The first-order valence-corrected chi connectivity index (χ1v) is 6.37. The summed E-state index contributed by atoms with van der Waals surface area (Å²) in [5.74, 6) is -0.322. The number of aliphatic hydroxyl groups excluding tert-OH is 1. The molecule has 1 aliphatic heterocycles. The minimum atomic E-state index is -0.689. The highest BCUT2D eigenvalue weighted by molar-refractivity contribution is 5.18. The van der Waals surface area contributed by atoms with Crippen LogP contribution in [0.25, 0.3) is 0 Å². The van der Waals surface area contributed by atoms with Gasteiger partial charge in [-0.1, -0.05) is 12.1 Å². The fourth-order valence-corrected chi connectivity index (χ4v) is 2.28. The molecule has 2 atom stereocenters. The maximum absolute atomic E-state index is 13.0. The zero-order valence-electron chi connectivity index (χ0n) is 10.7. The number of ether oxygens (including phenoxy) is 1. The summed E-state index contributed by atoms with van der Waals surface area (Å²) < 4.78 is 18.6. The summed E-state index contributed by atoms with van der Waals surface area (Å²) in [5, 5.41) is 13.1. The van der Waals surface area contributed by atoms with Gasteiger partial charge in [0.2, 0.25) is 0 Å². The van der Waals surface area contributed by atoms with Gasteiger partial charge in [0.15, 0.2) is 0 Å². The quantitative estimate of drug-likeness (QED) is 0.843. The second-order valence-corrected chi connectivity index (χ2v) is 5.10. The monoisotopic (exact) mass is 253 g/mol. The van der Waals surface area contributed by atoms with Crippen LogP contribution in [0, 0.1) is 5.82 Å². The van der Waals surface area contributed by atoms with Crippen molar-refractivity contribution < 1.29 is 14.2 Å². The Morgan fingerprint density at radius 3 is 3.06 bits per heavy atom. The van der Waals surface area contributed by atoms with Gasteiger partial charge in [-0.15, -0.1) is 0 Å². The Morgan fingerprint density at radius 1 is 1.56 bits per heavy atom. The Morgan fingerprint density at radius 2 is 2.39 bits per heavy atom. The van der Waals surface area contributed by atoms with E-state index in [9.17, 15) is 9.50 Å². The lowest BCUT2D eigenvalue weighted by atomic mass is 10.0. The number of hydrogen-bond acceptors (Lipinski definition) is 3. The van der Waals surface area contributed by atoms with Crippen molar-refractivity contribution in [3.05, 3.63) is 35.6 Å². The van der Waals surface area contributed by atoms with Gasteiger partial charge >= 0.3 is 0 Å². The van der Waals surface area contributed by atoms with Crippen LogP contribution in [0.3, 0.4) is 0 Å². The first-order valence-electron chi connectivity index (χ1n) is 6.37. The smallest absolute Gasteiger partial charge is 0.123 e. The van der Waals surface area contributed by atoms with Crippen LogP contribution in [0.2, 0.25) is 0 Å². The number of hydrogen-bond donors (Lipinski definition) is 2. The molecule has 4 heteroatoms. The molecular formula is C14H20FNO2. The van der Waals surface area contributed by atoms with Gasteiger partial charge in [0.1, 0.15) is 5.82 Å². The molecule has 3 nitrogen and oxygen atoms in total. The number of aliphatic hydroxyl groups is 1. The van der Waals surface area contributed by atoms with Crippen LogP contribution < -0.4 is 5.32 Å². The standard InChI is InChI=1S/C14H20FNO2/c1-14(6-3-7-18-14)10-16-9-13(17)11-4-2-5-12(15)8-11/h2,4-5,8,13,16-17H,3,6-7,9-10H2,1H3. The van der Waals surface area contributed by atoms with Crippen LogP contribution in [-0.4, -0.2) is 30.4 Å². The average molecular weight is 253 g/mol. The molecule has 0 aliphatic carbocycles. The fraction of sp³-hybridized carbons (Fsp3) is 0.571. The molecule has 0 amide bonds. The highest BCUT2D eigenvalue weighted by Gasteiger charge is 2.29. The molecule has 0 bridgehead atoms. The molecule has 1 aromatic carbocycles. The van der Waals surface area contributed by atoms with E-state index in [0.717, 1.165) is 19.4 Å². The molecule has 100 valence electrons. The van der Waals surface area contributed by atoms with Crippen LogP contribution in [0.5, 0.6) is 0 Å². The van der Waals surface area contributed by atoms with Crippen molar-refractivity contribution in [1.29, 1.82) is 0 Å². The van der Waals surface area contributed by atoms with E-state index in [4.69, 9.17) is 4.74 Å². The molecule has 2 rings (SSSR count). The van der Waals surface area contributed by atoms with E-state index in [1.165, 1.54) is 12.1 Å². The average Bonchev–Trinajstić information content (AvgIpc) is 2.76. The molecule has 1 heterocycles. The third kappa shape index (κ3) is 3.51. The lowest BCUT2D eigenvalue weighted by Gasteiger charge is -2.24. The summed E-state index contributed by atoms with van der Waals surface area (Å²) >= 11 is 0. The number of halogens is 1. The lowest BCUT2D eigenvalue weighted by Crippen LogP contribution is -2.38. The van der Waals surface area contributed by atoms with Crippen molar-refractivity contribution in [3.8, 4) is 0 Å². The van der Waals surface area contributed by atoms with Crippen LogP contribution >= 0.6 is 0 Å². The Bertz CT molecular complexity index is 391. The van der Waals surface area contributed by atoms with E-state index in [1.54, 1.807) is 12.1 Å². The minimum Gasteiger partial charge on any atom is -0.387 e. The van der Waals surface area contributed by atoms with Gasteiger partial charge in [-0.25, -0.2) is 4.39 Å². The second-order valence-electron chi connectivity index (χ2n) is 5.10. The van der Waals surface area contributed by atoms with Gasteiger partial charge in [-0.05, 0) is 37.5 Å². The van der Waals surface area contributed by atoms with E-state index >= 15 is 0 Å². The molecule has 1 fully saturated rings. The predicted octanol–water partition coefficient (Wildman–Crippen LogP) is 2.02. The summed E-state index contributed by atoms with van der Waals surface area (Å²) in [6.07, 6.45) is 1.44. The number of nitrogens with one attached hydrogen (secondary N) is 1. The lowest BCUT2D eigenvalue weighted by molar-refractivity contribution is 0.0185. The summed E-state index contributed by atoms with van der Waals surface area (Å²) in [6, 6.07) is 6.07. The predicted molar refractivity (Wildman–Crippen MR) is 67.8 cm³/mol. The van der Waals surface area contributed by atoms with Gasteiger partial charge in [-0.3, -0.25) is 0 Å². The largest absolute Gasteiger partial charge is 0.387 e. The normalized spacial score (nSPS) is 25.3. The summed E-state index contributed by atoms with van der Waals surface area (Å²) in [6.45, 7) is 3.99. The van der Waals surface area contributed by atoms with Gasteiger partial charge in [0.05, 0.1) is 11.7 Å². The van der Waals surface area contributed by atoms with Crippen molar-refractivity contribution in [3.63, 3.8) is 0 Å². The van der Waals surface area contributed by atoms with E-state index in [-0.39, 0.29) is 11.4 Å². The van der Waals surface area contributed by atoms with Crippen molar-refractivity contribution >= 4 is 0 Å². The summed E-state index contributed by atoms with van der Waals surface area (Å²) in [7, 11) is 0. The molecule has 0 saturated carbocycles. The van der Waals surface area contributed by atoms with E-state index in [0.29, 0.717) is 18.7 Å². The van der Waals surface area contributed by atoms with Crippen LogP contribution in [-0.2, 0) is 4.74 Å². The molecule has 0 radical (unpaired) electrons. The molecule has 18 heavy (non-hydrogen) atoms. The second kappa shape index (κ2) is 5.78. The Hall–Kier alpha value is -0.970. The highest BCUT2D eigenvalue weighted by atomic mass is 19.1. The molecular weight excluding hydrogens is 233 g/mol. The molecule has 2 N–H and O–H groups in total. The topological polar surface area (TPSA) is 41.5 Å². The molecule has 1 aliphatic rings. The highest BCUT2D eigenvalue weighted by Crippen LogP contribution is 2.24. The Labute approximate surface area is 107 Å². The molecule has 0 spiro atoms. The van der Waals surface area contributed by atoms with E-state index in [2.05, 4.69) is 12.2 Å². The zero-order valence-corrected chi connectivity index (χ0v) is 10.7. The fourth-order valence-electron chi connectivity index (χ4n) is 2.28. The molecule has 1 saturated heterocycles. The molecule has 2 unspecified atom stereocenters. The van der Waals surface area contributed by atoms with Crippen molar-refractivity contribution in [2.24, 2.45) is 0 Å². The zero-order chi connectivity index (χ0) is 13.0. The van der Waals surface area contributed by atoms with Crippen LogP contribution in [0.4, 0.5) is 4.39 Å². The molecule has 0 aromatic heterocycles. The number of benzene rings is 1. The maximum Gasteiger partial charge on any atom is 0.123 e. The van der Waals surface area contributed by atoms with Gasteiger partial charge in [-0.2, -0.15) is 0 Å². The van der Waals surface area contributed by atoms with E-state index < -0.39 is 6.10 Å². The third-order valence-corrected chi connectivity index (χ3v) is 3.37. The SMILES string of the molecule is CC1(CNCC(O)c2cccc(F)c2)CCCO1. The van der Waals surface area contributed by atoms with Crippen molar-refractivity contribution in [1.82, 2.24) is 5.32 Å².